The van der Waals surface area contributed by atoms with E-state index in [0.717, 1.165) is 17.1 Å². The van der Waals surface area contributed by atoms with Gasteiger partial charge in [-0.2, -0.15) is 0 Å². The molecule has 0 aromatic carbocycles. The molecule has 0 aliphatic rings. The molecule has 0 saturated carbocycles. The Morgan fingerprint density at radius 3 is 3.00 bits per heavy atom. The number of thioether (sulfide) groups is 1. The molecule has 2 aromatic heterocycles. The van der Waals surface area contributed by atoms with E-state index in [9.17, 15) is 0 Å². The second-order valence-electron chi connectivity index (χ2n) is 3.10. The lowest BCUT2D eigenvalue weighted by molar-refractivity contribution is 0.447. The minimum Gasteiger partial charge on any atom is -0.458 e. The summed E-state index contributed by atoms with van der Waals surface area (Å²) >= 11 is 3.22. The summed E-state index contributed by atoms with van der Waals surface area (Å²) in [6.07, 6.45) is 4.42. The Hall–Kier alpha value is -1.00. The van der Waals surface area contributed by atoms with Crippen LogP contribution in [-0.4, -0.2) is 6.26 Å². The molecule has 2 rings (SSSR count). The van der Waals surface area contributed by atoms with Gasteiger partial charge in [0.25, 0.3) is 0 Å². The van der Waals surface area contributed by atoms with Crippen molar-refractivity contribution in [2.24, 2.45) is 0 Å². The molecule has 15 heavy (non-hydrogen) atoms. The van der Waals surface area contributed by atoms with Crippen molar-refractivity contribution in [1.82, 2.24) is 0 Å². The van der Waals surface area contributed by atoms with E-state index in [-0.39, 0.29) is 0 Å². The van der Waals surface area contributed by atoms with Crippen LogP contribution in [0.3, 0.4) is 0 Å². The largest absolute Gasteiger partial charge is 0.458 e. The molecule has 0 unspecified atom stereocenters. The van der Waals surface area contributed by atoms with Gasteiger partial charge < -0.3 is 9.83 Å². The second-order valence-corrected chi connectivity index (χ2v) is 4.94. The van der Waals surface area contributed by atoms with Crippen LogP contribution in [0.1, 0.15) is 10.4 Å². The maximum absolute atomic E-state index is 7.85. The lowest BCUT2D eigenvalue weighted by Crippen LogP contribution is -2.07. The highest BCUT2D eigenvalue weighted by Crippen LogP contribution is 2.15. The first-order chi connectivity index (χ1) is 7.29. The van der Waals surface area contributed by atoms with Gasteiger partial charge in [-0.15, -0.1) is 11.3 Å². The highest BCUT2D eigenvalue weighted by molar-refractivity contribution is 7.98. The molecule has 78 valence electrons. The van der Waals surface area contributed by atoms with Crippen molar-refractivity contribution in [3.05, 3.63) is 45.6 Å². The monoisotopic (exact) mass is 237 g/mol. The van der Waals surface area contributed by atoms with Gasteiger partial charge in [0.05, 0.1) is 11.6 Å². The van der Waals surface area contributed by atoms with Crippen LogP contribution in [0.5, 0.6) is 0 Å². The predicted octanol–water partition coefficient (Wildman–Crippen LogP) is 3.13. The third kappa shape index (κ3) is 2.52. The predicted molar refractivity (Wildman–Crippen MR) is 63.5 cm³/mol. The van der Waals surface area contributed by atoms with Crippen molar-refractivity contribution in [2.45, 2.75) is 11.5 Å². The summed E-state index contributed by atoms with van der Waals surface area (Å²) in [7, 11) is 0. The topological polar surface area (TPSA) is 37.0 Å². The van der Waals surface area contributed by atoms with Crippen molar-refractivity contribution in [1.29, 1.82) is 5.41 Å². The quantitative estimate of drug-likeness (QED) is 0.833. The molecule has 0 saturated heterocycles. The lowest BCUT2D eigenvalue weighted by Gasteiger charge is -2.00. The van der Waals surface area contributed by atoms with E-state index in [4.69, 9.17) is 9.83 Å². The smallest absolute Gasteiger partial charge is 0.161 e. The highest BCUT2D eigenvalue weighted by Gasteiger charge is 2.02. The summed E-state index contributed by atoms with van der Waals surface area (Å²) in [4.78, 5) is 1.26. The summed E-state index contributed by atoms with van der Waals surface area (Å²) in [5.41, 5.74) is 0.940. The molecule has 1 N–H and O–H groups in total. The molecular formula is C11H11NOS2. The molecule has 0 bridgehead atoms. The minimum atomic E-state index is 0.555. The molecule has 2 aromatic rings. The van der Waals surface area contributed by atoms with Crippen molar-refractivity contribution >= 4 is 23.1 Å². The van der Waals surface area contributed by atoms with Gasteiger partial charge in [0.2, 0.25) is 0 Å². The fourth-order valence-corrected chi connectivity index (χ4v) is 2.39. The molecule has 0 atom stereocenters. The average molecular weight is 237 g/mol. The van der Waals surface area contributed by atoms with E-state index in [1.165, 1.54) is 16.6 Å². The van der Waals surface area contributed by atoms with E-state index < -0.39 is 0 Å². The van der Waals surface area contributed by atoms with Crippen molar-refractivity contribution in [3.63, 3.8) is 0 Å². The Kier molecular flexibility index (Phi) is 3.28. The zero-order chi connectivity index (χ0) is 10.7. The fraction of sp³-hybridized carbons (Fsp3) is 0.182. The molecule has 0 radical (unpaired) electrons. The van der Waals surface area contributed by atoms with E-state index in [1.54, 1.807) is 23.7 Å². The zero-order valence-corrected chi connectivity index (χ0v) is 9.95. The van der Waals surface area contributed by atoms with Gasteiger partial charge in [0.1, 0.15) is 0 Å². The molecule has 0 amide bonds. The molecule has 0 aliphatic carbocycles. The van der Waals surface area contributed by atoms with Gasteiger partial charge in [0.15, 0.2) is 5.09 Å². The first-order valence-corrected chi connectivity index (χ1v) is 6.62. The van der Waals surface area contributed by atoms with Gasteiger partial charge in [0, 0.05) is 22.9 Å². The van der Waals surface area contributed by atoms with Crippen LogP contribution in [-0.2, 0) is 6.42 Å². The third-order valence-electron chi connectivity index (χ3n) is 2.07. The number of nitrogens with one attached hydrogen (secondary N) is 1. The molecule has 0 spiro atoms. The Morgan fingerprint density at radius 2 is 2.40 bits per heavy atom. The van der Waals surface area contributed by atoms with Gasteiger partial charge in [-0.3, -0.25) is 0 Å². The van der Waals surface area contributed by atoms with Gasteiger partial charge >= 0.3 is 0 Å². The summed E-state index contributed by atoms with van der Waals surface area (Å²) in [5, 5.41) is 11.2. The minimum absolute atomic E-state index is 0.555. The van der Waals surface area contributed by atoms with Crippen molar-refractivity contribution < 1.29 is 4.42 Å². The Labute approximate surface area is 96.5 Å². The van der Waals surface area contributed by atoms with E-state index >= 15 is 0 Å². The van der Waals surface area contributed by atoms with Crippen LogP contribution in [0.15, 0.2) is 39.4 Å². The van der Waals surface area contributed by atoms with E-state index in [2.05, 4.69) is 6.07 Å². The van der Waals surface area contributed by atoms with Crippen LogP contribution < -0.4 is 5.36 Å². The summed E-state index contributed by atoms with van der Waals surface area (Å²) in [6.45, 7) is 0. The molecule has 4 heteroatoms. The van der Waals surface area contributed by atoms with Crippen LogP contribution in [0.2, 0.25) is 0 Å². The second kappa shape index (κ2) is 4.68. The molecule has 2 nitrogen and oxygen atoms in total. The summed E-state index contributed by atoms with van der Waals surface area (Å²) in [6, 6.07) is 5.87. The number of rotatable bonds is 3. The van der Waals surface area contributed by atoms with Crippen LogP contribution in [0.25, 0.3) is 0 Å². The number of hydrogen-bond acceptors (Lipinski definition) is 4. The molecule has 0 fully saturated rings. The van der Waals surface area contributed by atoms with E-state index in [1.807, 2.05) is 17.7 Å². The first-order valence-electron chi connectivity index (χ1n) is 4.52. The van der Waals surface area contributed by atoms with Crippen molar-refractivity contribution in [2.75, 3.05) is 6.26 Å². The maximum Gasteiger partial charge on any atom is 0.161 e. The average Bonchev–Trinajstić information content (AvgIpc) is 2.74. The normalized spacial score (nSPS) is 10.5. The fourth-order valence-electron chi connectivity index (χ4n) is 1.28. The van der Waals surface area contributed by atoms with Gasteiger partial charge in [-0.05, 0) is 17.7 Å². The van der Waals surface area contributed by atoms with Crippen LogP contribution in [0.4, 0.5) is 0 Å². The Bertz CT molecular complexity index is 488. The molecule has 2 heterocycles. The number of thiophene rings is 1. The maximum atomic E-state index is 7.85. The Morgan fingerprint density at radius 1 is 1.53 bits per heavy atom. The lowest BCUT2D eigenvalue weighted by atomic mass is 10.2. The van der Waals surface area contributed by atoms with Crippen molar-refractivity contribution in [3.8, 4) is 0 Å². The van der Waals surface area contributed by atoms with Crippen LogP contribution in [0, 0.1) is 5.41 Å². The Balaban J connectivity index is 2.26. The SMILES string of the molecule is CSc1cc(=N)c(Cc2cccs2)co1. The van der Waals surface area contributed by atoms with Gasteiger partial charge in [-0.25, -0.2) is 0 Å². The number of hydrogen-bond donors (Lipinski definition) is 1. The first kappa shape index (κ1) is 10.5. The van der Waals surface area contributed by atoms with E-state index in [0.29, 0.717) is 5.36 Å². The molecule has 0 aliphatic heterocycles. The summed E-state index contributed by atoms with van der Waals surface area (Å²) < 4.78 is 5.38. The standard InChI is InChI=1S/C11H11NOS2/c1-14-11-6-10(12)8(7-13-11)5-9-3-2-4-15-9/h2-4,6-7,12H,5H2,1H3. The highest BCUT2D eigenvalue weighted by atomic mass is 32.2. The summed E-state index contributed by atoms with van der Waals surface area (Å²) in [5.74, 6) is 0. The van der Waals surface area contributed by atoms with Crippen LogP contribution >= 0.6 is 23.1 Å². The third-order valence-corrected chi connectivity index (χ3v) is 3.56. The molecular weight excluding hydrogens is 226 g/mol. The zero-order valence-electron chi connectivity index (χ0n) is 8.32. The van der Waals surface area contributed by atoms with Gasteiger partial charge in [-0.1, -0.05) is 17.8 Å².